The predicted octanol–water partition coefficient (Wildman–Crippen LogP) is 3.25. The monoisotopic (exact) mass is 359 g/mol. The topological polar surface area (TPSA) is 55.2 Å². The first-order valence-electron chi connectivity index (χ1n) is 7.28. The van der Waals surface area contributed by atoms with Crippen molar-refractivity contribution < 1.29 is 4.79 Å². The molecule has 3 aromatic rings. The fourth-order valence-corrected chi connectivity index (χ4v) is 3.39. The van der Waals surface area contributed by atoms with Crippen LogP contribution in [-0.2, 0) is 17.9 Å². The largest absolute Gasteiger partial charge is 0.303 e. The maximum Gasteiger partial charge on any atom is 0.261 e. The van der Waals surface area contributed by atoms with Gasteiger partial charge in [-0.1, -0.05) is 35.3 Å². The average Bonchev–Trinajstić information content (AvgIpc) is 2.54. The van der Waals surface area contributed by atoms with E-state index in [4.69, 9.17) is 23.2 Å². The molecular formula is C17H11Cl2N3O2. The van der Waals surface area contributed by atoms with Crippen molar-refractivity contribution in [2.45, 2.75) is 13.1 Å². The predicted molar refractivity (Wildman–Crippen MR) is 93.7 cm³/mol. The summed E-state index contributed by atoms with van der Waals surface area (Å²) in [6.45, 7) is 0.131. The number of hydrogen-bond acceptors (Lipinski definition) is 3. The highest BCUT2D eigenvalue weighted by molar-refractivity contribution is 6.35. The van der Waals surface area contributed by atoms with Gasteiger partial charge in [-0.25, -0.2) is 4.98 Å². The summed E-state index contributed by atoms with van der Waals surface area (Å²) in [7, 11) is 0. The molecular weight excluding hydrogens is 349 g/mol. The highest BCUT2D eigenvalue weighted by Gasteiger charge is 2.27. The number of nitrogens with zero attached hydrogens (tertiary/aromatic N) is 3. The molecule has 1 aliphatic heterocycles. The fourth-order valence-electron chi connectivity index (χ4n) is 2.88. The molecule has 0 bridgehead atoms. The van der Waals surface area contributed by atoms with Crippen molar-refractivity contribution in [3.63, 3.8) is 0 Å². The van der Waals surface area contributed by atoms with Crippen LogP contribution in [-0.4, -0.2) is 15.5 Å². The molecule has 0 aliphatic carbocycles. The van der Waals surface area contributed by atoms with E-state index in [0.717, 1.165) is 0 Å². The van der Waals surface area contributed by atoms with E-state index in [2.05, 4.69) is 4.98 Å². The number of benzene rings is 2. The third-order valence-electron chi connectivity index (χ3n) is 3.99. The van der Waals surface area contributed by atoms with Crippen LogP contribution in [0.4, 0.5) is 5.69 Å². The third kappa shape index (κ3) is 2.46. The second-order valence-corrected chi connectivity index (χ2v) is 6.42. The van der Waals surface area contributed by atoms with Crippen LogP contribution in [0.15, 0.2) is 47.3 Å². The number of halogens is 2. The fraction of sp³-hybridized carbons (Fsp3) is 0.118. The zero-order valence-electron chi connectivity index (χ0n) is 12.4. The lowest BCUT2D eigenvalue weighted by Gasteiger charge is -2.29. The second-order valence-electron chi connectivity index (χ2n) is 5.54. The van der Waals surface area contributed by atoms with Crippen molar-refractivity contribution in [3.05, 3.63) is 68.7 Å². The Morgan fingerprint density at radius 1 is 0.958 bits per heavy atom. The van der Waals surface area contributed by atoms with Crippen LogP contribution in [0.25, 0.3) is 10.9 Å². The van der Waals surface area contributed by atoms with E-state index in [0.29, 0.717) is 32.5 Å². The number of hydrogen-bond donors (Lipinski definition) is 0. The van der Waals surface area contributed by atoms with Crippen molar-refractivity contribution >= 4 is 45.7 Å². The SMILES string of the molecule is O=C1Cn2c(nc3ccccc3c2=O)CN1c1cc(Cl)cc(Cl)c1. The van der Waals surface area contributed by atoms with Crippen LogP contribution in [0, 0.1) is 0 Å². The van der Waals surface area contributed by atoms with Gasteiger partial charge in [0.1, 0.15) is 12.4 Å². The average molecular weight is 360 g/mol. The van der Waals surface area contributed by atoms with Crippen LogP contribution in [0.5, 0.6) is 0 Å². The molecule has 120 valence electrons. The minimum Gasteiger partial charge on any atom is -0.303 e. The van der Waals surface area contributed by atoms with Crippen LogP contribution in [0.2, 0.25) is 10.0 Å². The first-order chi connectivity index (χ1) is 11.5. The zero-order valence-corrected chi connectivity index (χ0v) is 13.9. The lowest BCUT2D eigenvalue weighted by Crippen LogP contribution is -2.44. The van der Waals surface area contributed by atoms with Gasteiger partial charge in [-0.3, -0.25) is 14.2 Å². The number of aromatic nitrogens is 2. The maximum absolute atomic E-state index is 12.6. The molecule has 7 heteroatoms. The van der Waals surface area contributed by atoms with Crippen molar-refractivity contribution in [2.24, 2.45) is 0 Å². The van der Waals surface area contributed by atoms with Gasteiger partial charge in [-0.15, -0.1) is 0 Å². The number of para-hydroxylation sites is 1. The molecule has 0 spiro atoms. The van der Waals surface area contributed by atoms with Crippen molar-refractivity contribution in [1.29, 1.82) is 0 Å². The quantitative estimate of drug-likeness (QED) is 0.670. The summed E-state index contributed by atoms with van der Waals surface area (Å²) in [4.78, 5) is 31.2. The number of fused-ring (bicyclic) bond motifs is 2. The minimum atomic E-state index is -0.208. The second kappa shape index (κ2) is 5.61. The van der Waals surface area contributed by atoms with E-state index >= 15 is 0 Å². The smallest absolute Gasteiger partial charge is 0.261 e. The van der Waals surface area contributed by atoms with Gasteiger partial charge < -0.3 is 4.90 Å². The lowest BCUT2D eigenvalue weighted by atomic mass is 10.2. The Morgan fingerprint density at radius 2 is 1.67 bits per heavy atom. The zero-order chi connectivity index (χ0) is 16.8. The molecule has 24 heavy (non-hydrogen) atoms. The number of amides is 1. The van der Waals surface area contributed by atoms with Gasteiger partial charge in [0.25, 0.3) is 5.56 Å². The summed E-state index contributed by atoms with van der Waals surface area (Å²) in [6, 6.07) is 12.0. The highest BCUT2D eigenvalue weighted by Crippen LogP contribution is 2.28. The molecule has 4 rings (SSSR count). The summed E-state index contributed by atoms with van der Waals surface area (Å²) >= 11 is 12.1. The Morgan fingerprint density at radius 3 is 2.42 bits per heavy atom. The van der Waals surface area contributed by atoms with E-state index in [1.54, 1.807) is 36.4 Å². The van der Waals surface area contributed by atoms with Crippen molar-refractivity contribution in [2.75, 3.05) is 4.90 Å². The molecule has 0 saturated heterocycles. The molecule has 2 aromatic carbocycles. The first kappa shape index (κ1) is 15.2. The van der Waals surface area contributed by atoms with Gasteiger partial charge in [0.05, 0.1) is 17.4 Å². The molecule has 0 unspecified atom stereocenters. The third-order valence-corrected chi connectivity index (χ3v) is 4.43. The highest BCUT2D eigenvalue weighted by atomic mass is 35.5. The Balaban J connectivity index is 1.85. The molecule has 2 heterocycles. The van der Waals surface area contributed by atoms with Crippen LogP contribution in [0.3, 0.4) is 0 Å². The van der Waals surface area contributed by atoms with Crippen LogP contribution in [0.1, 0.15) is 5.82 Å². The normalized spacial score (nSPS) is 14.1. The summed E-state index contributed by atoms with van der Waals surface area (Å²) in [5.74, 6) is 0.328. The van der Waals surface area contributed by atoms with Gasteiger partial charge in [-0.05, 0) is 30.3 Å². The van der Waals surface area contributed by atoms with E-state index < -0.39 is 0 Å². The summed E-state index contributed by atoms with van der Waals surface area (Å²) < 4.78 is 1.42. The van der Waals surface area contributed by atoms with E-state index in [-0.39, 0.29) is 24.6 Å². The molecule has 1 aliphatic rings. The van der Waals surface area contributed by atoms with Gasteiger partial charge in [0.15, 0.2) is 0 Å². The van der Waals surface area contributed by atoms with E-state index in [9.17, 15) is 9.59 Å². The van der Waals surface area contributed by atoms with Gasteiger partial charge in [-0.2, -0.15) is 0 Å². The van der Waals surface area contributed by atoms with Crippen LogP contribution >= 0.6 is 23.2 Å². The Kier molecular flexibility index (Phi) is 3.55. The van der Waals surface area contributed by atoms with Gasteiger partial charge in [0.2, 0.25) is 5.91 Å². The molecule has 0 fully saturated rings. The van der Waals surface area contributed by atoms with Crippen LogP contribution < -0.4 is 10.5 Å². The molecule has 0 radical (unpaired) electrons. The maximum atomic E-state index is 12.6. The molecule has 0 N–H and O–H groups in total. The first-order valence-corrected chi connectivity index (χ1v) is 8.03. The van der Waals surface area contributed by atoms with E-state index in [1.165, 1.54) is 9.47 Å². The molecule has 1 amide bonds. The standard InChI is InChI=1S/C17H11Cl2N3O2/c18-10-5-11(19)7-12(6-10)21-8-15-20-14-4-2-1-3-13(14)17(24)22(15)9-16(21)23/h1-7H,8-9H2. The molecule has 1 aromatic heterocycles. The number of carbonyl (C=O) groups is 1. The summed E-state index contributed by atoms with van der Waals surface area (Å²) in [5.41, 5.74) is 1.01. The Labute approximate surface area is 147 Å². The Bertz CT molecular complexity index is 1030. The number of anilines is 1. The number of rotatable bonds is 1. The van der Waals surface area contributed by atoms with E-state index in [1.807, 2.05) is 6.07 Å². The number of carbonyl (C=O) groups excluding carboxylic acids is 1. The minimum absolute atomic E-state index is 0.0594. The molecule has 0 atom stereocenters. The Hall–Kier alpha value is -2.37. The van der Waals surface area contributed by atoms with Gasteiger partial charge >= 0.3 is 0 Å². The lowest BCUT2D eigenvalue weighted by molar-refractivity contribution is -0.120. The van der Waals surface area contributed by atoms with Crippen molar-refractivity contribution in [3.8, 4) is 0 Å². The van der Waals surface area contributed by atoms with Crippen molar-refractivity contribution in [1.82, 2.24) is 9.55 Å². The van der Waals surface area contributed by atoms with Gasteiger partial charge in [0, 0.05) is 15.7 Å². The summed E-state index contributed by atoms with van der Waals surface area (Å²) in [5, 5.41) is 1.40. The molecule has 0 saturated carbocycles. The summed E-state index contributed by atoms with van der Waals surface area (Å²) in [6.07, 6.45) is 0. The molecule has 5 nitrogen and oxygen atoms in total.